The average Bonchev–Trinajstić information content (AvgIpc) is 3.16. The maximum absolute atomic E-state index is 12.5. The molecule has 10 heteroatoms. The lowest BCUT2D eigenvalue weighted by Gasteiger charge is -2.25. The van der Waals surface area contributed by atoms with Gasteiger partial charge in [-0.3, -0.25) is 4.79 Å². The molecule has 2 aromatic rings. The molecule has 3 amide bonds. The van der Waals surface area contributed by atoms with Gasteiger partial charge in [-0.05, 0) is 43.0 Å². The van der Waals surface area contributed by atoms with Crippen LogP contribution in [0.4, 0.5) is 4.79 Å². The van der Waals surface area contributed by atoms with E-state index in [-0.39, 0.29) is 23.0 Å². The number of amides is 3. The van der Waals surface area contributed by atoms with E-state index in [0.29, 0.717) is 5.56 Å². The number of thiophene rings is 1. The van der Waals surface area contributed by atoms with E-state index in [1.54, 1.807) is 6.07 Å². The zero-order chi connectivity index (χ0) is 20.9. The Labute approximate surface area is 168 Å². The molecule has 0 atom stereocenters. The molecule has 1 heterocycles. The molecule has 0 aliphatic heterocycles. The highest BCUT2D eigenvalue weighted by atomic mass is 32.2. The molecule has 28 heavy (non-hydrogen) atoms. The van der Waals surface area contributed by atoms with E-state index in [0.717, 1.165) is 4.88 Å². The largest absolute Gasteiger partial charge is 0.495 e. The summed E-state index contributed by atoms with van der Waals surface area (Å²) >= 11 is 1.54. The van der Waals surface area contributed by atoms with Crippen LogP contribution in [0, 0.1) is 0 Å². The van der Waals surface area contributed by atoms with Gasteiger partial charge >= 0.3 is 6.03 Å². The van der Waals surface area contributed by atoms with Gasteiger partial charge in [-0.15, -0.1) is 11.3 Å². The van der Waals surface area contributed by atoms with E-state index >= 15 is 0 Å². The summed E-state index contributed by atoms with van der Waals surface area (Å²) in [5, 5.41) is 7.06. The summed E-state index contributed by atoms with van der Waals surface area (Å²) < 4.78 is 31.9. The minimum Gasteiger partial charge on any atom is -0.495 e. The highest BCUT2D eigenvalue weighted by Gasteiger charge is 2.25. The van der Waals surface area contributed by atoms with Crippen molar-refractivity contribution >= 4 is 33.3 Å². The Kier molecular flexibility index (Phi) is 6.68. The number of carbonyl (C=O) groups is 2. The summed E-state index contributed by atoms with van der Waals surface area (Å²) in [5.74, 6) is -0.189. The van der Waals surface area contributed by atoms with Crippen LogP contribution in [-0.4, -0.2) is 34.5 Å². The van der Waals surface area contributed by atoms with Crippen molar-refractivity contribution in [2.45, 2.75) is 30.7 Å². The third-order valence-electron chi connectivity index (χ3n) is 3.93. The van der Waals surface area contributed by atoms with E-state index in [4.69, 9.17) is 4.74 Å². The van der Waals surface area contributed by atoms with Gasteiger partial charge in [0.2, 0.25) is 5.91 Å². The number of hydrogen-bond acceptors (Lipinski definition) is 6. The summed E-state index contributed by atoms with van der Waals surface area (Å²) in [4.78, 5) is 24.7. The van der Waals surface area contributed by atoms with E-state index in [1.807, 2.05) is 36.1 Å². The van der Waals surface area contributed by atoms with Gasteiger partial charge in [0.25, 0.3) is 10.0 Å². The van der Waals surface area contributed by atoms with Crippen LogP contribution in [0.1, 0.15) is 24.3 Å². The van der Waals surface area contributed by atoms with Crippen molar-refractivity contribution in [2.75, 3.05) is 14.2 Å². The first kappa shape index (κ1) is 21.7. The summed E-state index contributed by atoms with van der Waals surface area (Å²) in [6.07, 6.45) is -0.0265. The SMILES string of the molecule is CNC(=O)NS(=O)(=O)c1cc(CC(=O)NC(C)(C)c2cccs2)ccc1OC. The van der Waals surface area contributed by atoms with Crippen LogP contribution in [0.3, 0.4) is 0 Å². The number of methoxy groups -OCH3 is 1. The van der Waals surface area contributed by atoms with E-state index in [2.05, 4.69) is 10.6 Å². The highest BCUT2D eigenvalue weighted by Crippen LogP contribution is 2.27. The van der Waals surface area contributed by atoms with Gasteiger partial charge in [0.15, 0.2) is 0 Å². The highest BCUT2D eigenvalue weighted by molar-refractivity contribution is 7.90. The number of urea groups is 1. The van der Waals surface area contributed by atoms with E-state index in [1.165, 1.54) is 37.6 Å². The molecule has 3 N–H and O–H groups in total. The Morgan fingerprint density at radius 1 is 1.21 bits per heavy atom. The molecule has 1 aromatic heterocycles. The molecule has 0 bridgehead atoms. The molecule has 8 nitrogen and oxygen atoms in total. The maximum atomic E-state index is 12.5. The quantitative estimate of drug-likeness (QED) is 0.628. The summed E-state index contributed by atoms with van der Waals surface area (Å²) in [7, 11) is -1.53. The lowest BCUT2D eigenvalue weighted by atomic mass is 10.0. The predicted molar refractivity (Wildman–Crippen MR) is 107 cm³/mol. The maximum Gasteiger partial charge on any atom is 0.328 e. The fourth-order valence-corrected chi connectivity index (χ4v) is 4.53. The predicted octanol–water partition coefficient (Wildman–Crippen LogP) is 1.97. The van der Waals surface area contributed by atoms with Crippen molar-refractivity contribution in [1.29, 1.82) is 0 Å². The van der Waals surface area contributed by atoms with Crippen LogP contribution >= 0.6 is 11.3 Å². The zero-order valence-corrected chi connectivity index (χ0v) is 17.7. The molecule has 0 fully saturated rings. The molecule has 0 saturated carbocycles. The smallest absolute Gasteiger partial charge is 0.328 e. The lowest BCUT2D eigenvalue weighted by Crippen LogP contribution is -2.41. The second-order valence-electron chi connectivity index (χ2n) is 6.50. The Morgan fingerprint density at radius 2 is 1.93 bits per heavy atom. The van der Waals surface area contributed by atoms with Crippen molar-refractivity contribution in [1.82, 2.24) is 15.4 Å². The molecule has 1 aromatic carbocycles. The second kappa shape index (κ2) is 8.61. The van der Waals surface area contributed by atoms with Gasteiger partial charge in [-0.1, -0.05) is 12.1 Å². The number of benzene rings is 1. The van der Waals surface area contributed by atoms with Crippen molar-refractivity contribution in [2.24, 2.45) is 0 Å². The number of nitrogens with one attached hydrogen (secondary N) is 3. The molecular weight excluding hydrogens is 402 g/mol. The number of carbonyl (C=O) groups excluding carboxylic acids is 2. The fourth-order valence-electron chi connectivity index (χ4n) is 2.54. The van der Waals surface area contributed by atoms with Crippen molar-refractivity contribution < 1.29 is 22.7 Å². The first-order valence-corrected chi connectivity index (χ1v) is 10.7. The Morgan fingerprint density at radius 3 is 2.50 bits per heavy atom. The summed E-state index contributed by atoms with van der Waals surface area (Å²) in [6, 6.07) is 7.35. The van der Waals surface area contributed by atoms with E-state index < -0.39 is 21.6 Å². The topological polar surface area (TPSA) is 114 Å². The van der Waals surface area contributed by atoms with Crippen molar-refractivity contribution in [3.63, 3.8) is 0 Å². The summed E-state index contributed by atoms with van der Waals surface area (Å²) in [5.41, 5.74) is -0.0783. The van der Waals surface area contributed by atoms with Gasteiger partial charge in [-0.25, -0.2) is 17.9 Å². The van der Waals surface area contributed by atoms with Gasteiger partial charge < -0.3 is 15.4 Å². The Hall–Kier alpha value is -2.59. The summed E-state index contributed by atoms with van der Waals surface area (Å²) in [6.45, 7) is 3.79. The number of rotatable bonds is 7. The van der Waals surface area contributed by atoms with Crippen LogP contribution < -0.4 is 20.1 Å². The minimum absolute atomic E-state index is 0.0265. The van der Waals surface area contributed by atoms with Crippen LogP contribution in [-0.2, 0) is 26.8 Å². The van der Waals surface area contributed by atoms with Crippen LogP contribution in [0.25, 0.3) is 0 Å². The molecule has 0 radical (unpaired) electrons. The first-order valence-electron chi connectivity index (χ1n) is 8.35. The normalized spacial score (nSPS) is 11.6. The standard InChI is InChI=1S/C18H23N3O5S2/c1-18(2,15-6-5-9-27-15)20-16(22)11-12-7-8-13(26-4)14(10-12)28(24,25)21-17(23)19-3/h5-10H,11H2,1-4H3,(H,20,22)(H2,19,21,23). The number of ether oxygens (including phenoxy) is 1. The molecule has 2 rings (SSSR count). The fraction of sp³-hybridized carbons (Fsp3) is 0.333. The van der Waals surface area contributed by atoms with Crippen LogP contribution in [0.5, 0.6) is 5.75 Å². The van der Waals surface area contributed by atoms with Crippen LogP contribution in [0.15, 0.2) is 40.6 Å². The lowest BCUT2D eigenvalue weighted by molar-refractivity contribution is -0.122. The third kappa shape index (κ3) is 5.23. The average molecular weight is 426 g/mol. The monoisotopic (exact) mass is 425 g/mol. The number of sulfonamides is 1. The minimum atomic E-state index is -4.16. The Balaban J connectivity index is 2.23. The van der Waals surface area contributed by atoms with E-state index in [9.17, 15) is 18.0 Å². The van der Waals surface area contributed by atoms with Gasteiger partial charge in [0, 0.05) is 11.9 Å². The molecule has 0 saturated heterocycles. The van der Waals surface area contributed by atoms with Gasteiger partial charge in [-0.2, -0.15) is 0 Å². The van der Waals surface area contributed by atoms with Gasteiger partial charge in [0.1, 0.15) is 10.6 Å². The molecule has 152 valence electrons. The molecule has 0 unspecified atom stereocenters. The number of hydrogen-bond donors (Lipinski definition) is 3. The third-order valence-corrected chi connectivity index (χ3v) is 6.47. The second-order valence-corrected chi connectivity index (χ2v) is 9.10. The van der Waals surface area contributed by atoms with Gasteiger partial charge in [0.05, 0.1) is 19.1 Å². The van der Waals surface area contributed by atoms with Crippen molar-refractivity contribution in [3.8, 4) is 5.75 Å². The molecular formula is C18H23N3O5S2. The Bertz CT molecular complexity index is 954. The zero-order valence-electron chi connectivity index (χ0n) is 16.0. The van der Waals surface area contributed by atoms with Crippen LogP contribution in [0.2, 0.25) is 0 Å². The molecule has 0 spiro atoms. The molecule has 0 aliphatic carbocycles. The first-order chi connectivity index (χ1) is 13.1. The van der Waals surface area contributed by atoms with Crippen molar-refractivity contribution in [3.05, 3.63) is 46.2 Å². The molecule has 0 aliphatic rings.